The maximum absolute atomic E-state index is 13.1. The molecule has 0 fully saturated rings. The van der Waals surface area contributed by atoms with Crippen LogP contribution in [0.5, 0.6) is 0 Å². The Morgan fingerprint density at radius 3 is 2.35 bits per heavy atom. The first-order valence-electron chi connectivity index (χ1n) is 12.2. The molecule has 4 rings (SSSR count). The lowest BCUT2D eigenvalue weighted by Crippen LogP contribution is -2.41. The maximum atomic E-state index is 13.1. The van der Waals surface area contributed by atoms with Gasteiger partial charge < -0.3 is 20.3 Å². The van der Waals surface area contributed by atoms with E-state index in [-0.39, 0.29) is 30.3 Å². The molecular weight excluding hydrogens is 486 g/mol. The van der Waals surface area contributed by atoms with Crippen molar-refractivity contribution in [3.63, 3.8) is 0 Å². The Hall–Kier alpha value is -3.72. The van der Waals surface area contributed by atoms with Gasteiger partial charge in [0.15, 0.2) is 0 Å². The third-order valence-corrected chi connectivity index (χ3v) is 7.43. The van der Waals surface area contributed by atoms with Crippen molar-refractivity contribution in [2.75, 3.05) is 6.54 Å². The van der Waals surface area contributed by atoms with E-state index in [0.29, 0.717) is 11.5 Å². The van der Waals surface area contributed by atoms with E-state index in [1.54, 1.807) is 5.38 Å². The number of hydrogen-bond donors (Lipinski definition) is 3. The number of amides is 2. The lowest BCUT2D eigenvalue weighted by Gasteiger charge is -2.33. The van der Waals surface area contributed by atoms with Crippen LogP contribution in [0.3, 0.4) is 0 Å². The highest BCUT2D eigenvalue weighted by Gasteiger charge is 2.33. The average molecular weight is 520 g/mol. The Morgan fingerprint density at radius 2 is 1.70 bits per heavy atom. The molecule has 194 valence electrons. The minimum absolute atomic E-state index is 0.126. The van der Waals surface area contributed by atoms with Crippen LogP contribution in [0.25, 0.3) is 11.0 Å². The molecule has 0 radical (unpaired) electrons. The van der Waals surface area contributed by atoms with Crippen LogP contribution in [-0.2, 0) is 12.1 Å². The number of aromatic amines is 1. The predicted molar refractivity (Wildman–Crippen MR) is 146 cm³/mol. The number of carbonyl (C=O) groups is 2. The van der Waals surface area contributed by atoms with E-state index in [1.165, 1.54) is 16.2 Å². The number of rotatable bonds is 8. The fourth-order valence-corrected chi connectivity index (χ4v) is 5.38. The van der Waals surface area contributed by atoms with Crippen LogP contribution in [0.1, 0.15) is 67.4 Å². The van der Waals surface area contributed by atoms with Crippen LogP contribution >= 0.6 is 11.3 Å². The summed E-state index contributed by atoms with van der Waals surface area (Å²) in [7, 11) is 0. The molecule has 2 heterocycles. The van der Waals surface area contributed by atoms with Gasteiger partial charge in [-0.05, 0) is 37.0 Å². The lowest BCUT2D eigenvalue weighted by atomic mass is 9.80. The van der Waals surface area contributed by atoms with Crippen molar-refractivity contribution in [1.82, 2.24) is 25.2 Å². The van der Waals surface area contributed by atoms with Crippen LogP contribution in [0.4, 0.5) is 4.79 Å². The van der Waals surface area contributed by atoms with Gasteiger partial charge in [-0.25, -0.2) is 14.8 Å². The first-order chi connectivity index (χ1) is 17.4. The molecule has 0 aliphatic rings. The third-order valence-electron chi connectivity index (χ3n) is 6.47. The summed E-state index contributed by atoms with van der Waals surface area (Å²) in [6.07, 6.45) is -1.03. The molecular formula is C28H33N5O3S. The molecule has 9 heteroatoms. The van der Waals surface area contributed by atoms with Gasteiger partial charge in [-0.3, -0.25) is 4.79 Å². The maximum Gasteiger partial charge on any atom is 0.407 e. The molecule has 4 aromatic rings. The zero-order valence-corrected chi connectivity index (χ0v) is 22.6. The van der Waals surface area contributed by atoms with Crippen molar-refractivity contribution in [2.24, 2.45) is 5.41 Å². The van der Waals surface area contributed by atoms with Crippen molar-refractivity contribution in [2.45, 2.75) is 52.6 Å². The molecule has 2 aromatic carbocycles. The number of aromatic nitrogens is 3. The van der Waals surface area contributed by atoms with Crippen molar-refractivity contribution >= 4 is 34.4 Å². The summed E-state index contributed by atoms with van der Waals surface area (Å²) in [6, 6.07) is 17.4. The van der Waals surface area contributed by atoms with Crippen molar-refractivity contribution in [1.29, 1.82) is 0 Å². The van der Waals surface area contributed by atoms with E-state index >= 15 is 0 Å². The second kappa shape index (κ2) is 10.3. The molecule has 0 aliphatic heterocycles. The first kappa shape index (κ1) is 26.3. The fraction of sp³-hybridized carbons (Fsp3) is 0.357. The average Bonchev–Trinajstić information content (AvgIpc) is 3.48. The normalized spacial score (nSPS) is 12.9. The first-order valence-corrected chi connectivity index (χ1v) is 13.1. The number of hydrogen-bond acceptors (Lipinski definition) is 5. The summed E-state index contributed by atoms with van der Waals surface area (Å²) in [5.41, 5.74) is 2.12. The summed E-state index contributed by atoms with van der Waals surface area (Å²) < 4.78 is 0. The minimum atomic E-state index is -1.03. The van der Waals surface area contributed by atoms with Crippen molar-refractivity contribution in [3.05, 3.63) is 82.1 Å². The van der Waals surface area contributed by atoms with E-state index in [2.05, 4.69) is 41.0 Å². The fourth-order valence-electron chi connectivity index (χ4n) is 4.24. The Balaban J connectivity index is 1.53. The zero-order valence-electron chi connectivity index (χ0n) is 21.8. The van der Waals surface area contributed by atoms with E-state index in [0.717, 1.165) is 21.6 Å². The van der Waals surface area contributed by atoms with Gasteiger partial charge in [0, 0.05) is 17.8 Å². The number of imidazole rings is 1. The van der Waals surface area contributed by atoms with Gasteiger partial charge in [-0.1, -0.05) is 63.2 Å². The number of para-hydroxylation sites is 2. The number of benzene rings is 2. The highest BCUT2D eigenvalue weighted by Crippen LogP contribution is 2.37. The lowest BCUT2D eigenvalue weighted by molar-refractivity contribution is 0.0906. The quantitative estimate of drug-likeness (QED) is 0.265. The number of carboxylic acid groups (broad SMARTS) is 1. The molecule has 8 nitrogen and oxygen atoms in total. The van der Waals surface area contributed by atoms with Crippen LogP contribution in [0.15, 0.2) is 60.0 Å². The number of nitrogens with zero attached hydrogens (tertiary/aromatic N) is 3. The molecule has 0 aliphatic carbocycles. The van der Waals surface area contributed by atoms with E-state index in [1.807, 2.05) is 68.4 Å². The molecule has 2 aromatic heterocycles. The van der Waals surface area contributed by atoms with Crippen molar-refractivity contribution in [3.8, 4) is 0 Å². The summed E-state index contributed by atoms with van der Waals surface area (Å²) in [6.45, 7) is 10.4. The predicted octanol–water partition coefficient (Wildman–Crippen LogP) is 5.99. The standard InChI is InChI=1S/C28H33N5O3S/c1-27(2,3)19(15-33(26(35)36)16-23-29-20-13-9-10-14-21(20)30-23)25-31-22(17-37-25)24(34)32-28(4,5)18-11-7-6-8-12-18/h6-14,17,19H,15-16H2,1-5H3,(H,29,30)(H,32,34)(H,35,36). The van der Waals surface area contributed by atoms with E-state index < -0.39 is 11.6 Å². The number of carbonyl (C=O) groups excluding carboxylic acids is 1. The highest BCUT2D eigenvalue weighted by atomic mass is 32.1. The van der Waals surface area contributed by atoms with E-state index in [4.69, 9.17) is 0 Å². The van der Waals surface area contributed by atoms with Gasteiger partial charge in [-0.15, -0.1) is 11.3 Å². The second-order valence-electron chi connectivity index (χ2n) is 10.8. The number of H-pyrrole nitrogens is 1. The summed E-state index contributed by atoms with van der Waals surface area (Å²) in [5.74, 6) is 0.0987. The zero-order chi connectivity index (χ0) is 26.8. The largest absolute Gasteiger partial charge is 0.465 e. The molecule has 37 heavy (non-hydrogen) atoms. The van der Waals surface area contributed by atoms with Gasteiger partial charge in [-0.2, -0.15) is 0 Å². The third kappa shape index (κ3) is 6.17. The van der Waals surface area contributed by atoms with Crippen LogP contribution in [0, 0.1) is 5.41 Å². The number of nitrogens with one attached hydrogen (secondary N) is 2. The molecule has 0 saturated heterocycles. The van der Waals surface area contributed by atoms with E-state index in [9.17, 15) is 14.7 Å². The summed E-state index contributed by atoms with van der Waals surface area (Å²) in [4.78, 5) is 39.1. The van der Waals surface area contributed by atoms with Crippen LogP contribution < -0.4 is 5.32 Å². The topological polar surface area (TPSA) is 111 Å². The van der Waals surface area contributed by atoms with Gasteiger partial charge in [0.25, 0.3) is 5.91 Å². The van der Waals surface area contributed by atoms with Crippen molar-refractivity contribution < 1.29 is 14.7 Å². The molecule has 1 atom stereocenters. The molecule has 2 amide bonds. The molecule has 0 spiro atoms. The summed E-state index contributed by atoms with van der Waals surface area (Å²) in [5, 5.41) is 15.5. The highest BCUT2D eigenvalue weighted by molar-refractivity contribution is 7.10. The number of thiazole rings is 1. The van der Waals surface area contributed by atoms with Crippen LogP contribution in [-0.4, -0.2) is 43.5 Å². The molecule has 1 unspecified atom stereocenters. The second-order valence-corrected chi connectivity index (χ2v) is 11.7. The Bertz CT molecular complexity index is 1350. The Morgan fingerprint density at radius 1 is 1.03 bits per heavy atom. The minimum Gasteiger partial charge on any atom is -0.465 e. The van der Waals surface area contributed by atoms with Gasteiger partial charge in [0.05, 0.1) is 28.1 Å². The Labute approximate surface area is 220 Å². The molecule has 0 bridgehead atoms. The Kier molecular flexibility index (Phi) is 7.36. The SMILES string of the molecule is CC(C)(NC(=O)c1csc(C(CN(Cc2nc3ccccc3[nH]2)C(=O)O)C(C)(C)C)n1)c1ccccc1. The summed E-state index contributed by atoms with van der Waals surface area (Å²) >= 11 is 1.38. The monoisotopic (exact) mass is 519 g/mol. The smallest absolute Gasteiger partial charge is 0.407 e. The molecule has 3 N–H and O–H groups in total. The van der Waals surface area contributed by atoms with Gasteiger partial charge in [0.1, 0.15) is 11.5 Å². The van der Waals surface area contributed by atoms with Gasteiger partial charge >= 0.3 is 6.09 Å². The molecule has 0 saturated carbocycles. The number of fused-ring (bicyclic) bond motifs is 1. The van der Waals surface area contributed by atoms with Crippen LogP contribution in [0.2, 0.25) is 0 Å². The van der Waals surface area contributed by atoms with Gasteiger partial charge in [0.2, 0.25) is 0 Å².